The van der Waals surface area contributed by atoms with Gasteiger partial charge < -0.3 is 5.73 Å². The molecule has 13 heavy (non-hydrogen) atoms. The number of nitrogens with zero attached hydrogens (tertiary/aromatic N) is 1. The van der Waals surface area contributed by atoms with Crippen LogP contribution in [0.1, 0.15) is 24.8 Å². The summed E-state index contributed by atoms with van der Waals surface area (Å²) in [6.45, 7) is 2.94. The first-order valence-electron chi connectivity index (χ1n) is 4.48. The Labute approximate surface area is 83.9 Å². The van der Waals surface area contributed by atoms with Gasteiger partial charge in [-0.3, -0.25) is 0 Å². The van der Waals surface area contributed by atoms with Gasteiger partial charge in [0.15, 0.2) is 0 Å². The summed E-state index contributed by atoms with van der Waals surface area (Å²) in [5.74, 6) is 0.515. The first kappa shape index (κ1) is 10.5. The Hall–Kier alpha value is -0.540. The van der Waals surface area contributed by atoms with E-state index in [2.05, 4.69) is 24.2 Å². The van der Waals surface area contributed by atoms with E-state index < -0.39 is 0 Å². The standard InChI is InChI=1S/C10H16N2S/c1-8(5-6-11)9-4-3-7-12-10(9)13-2/h3-4,7-8H,5-6,11H2,1-2H3. The van der Waals surface area contributed by atoms with Gasteiger partial charge in [0, 0.05) is 6.20 Å². The second-order valence-corrected chi connectivity index (χ2v) is 3.88. The lowest BCUT2D eigenvalue weighted by Gasteiger charge is -2.12. The Kier molecular flexibility index (Phi) is 4.25. The van der Waals surface area contributed by atoms with E-state index in [-0.39, 0.29) is 0 Å². The van der Waals surface area contributed by atoms with E-state index in [1.165, 1.54) is 5.56 Å². The van der Waals surface area contributed by atoms with Crippen LogP contribution in [0.3, 0.4) is 0 Å². The highest BCUT2D eigenvalue weighted by atomic mass is 32.2. The number of aromatic nitrogens is 1. The predicted molar refractivity (Wildman–Crippen MR) is 58.1 cm³/mol. The molecule has 0 amide bonds. The average molecular weight is 196 g/mol. The van der Waals surface area contributed by atoms with E-state index in [9.17, 15) is 0 Å². The highest BCUT2D eigenvalue weighted by molar-refractivity contribution is 7.98. The summed E-state index contributed by atoms with van der Waals surface area (Å²) in [5.41, 5.74) is 6.85. The number of pyridine rings is 1. The van der Waals surface area contributed by atoms with Crippen molar-refractivity contribution in [2.75, 3.05) is 12.8 Å². The van der Waals surface area contributed by atoms with Gasteiger partial charge >= 0.3 is 0 Å². The van der Waals surface area contributed by atoms with Crippen LogP contribution in [0.2, 0.25) is 0 Å². The lowest BCUT2D eigenvalue weighted by atomic mass is 10.00. The molecular weight excluding hydrogens is 180 g/mol. The number of hydrogen-bond acceptors (Lipinski definition) is 3. The largest absolute Gasteiger partial charge is 0.330 e. The summed E-state index contributed by atoms with van der Waals surface area (Å²) in [5, 5.41) is 1.13. The summed E-state index contributed by atoms with van der Waals surface area (Å²) in [7, 11) is 0. The molecule has 1 heterocycles. The normalized spacial score (nSPS) is 12.8. The van der Waals surface area contributed by atoms with Crippen LogP contribution in [0.5, 0.6) is 0 Å². The zero-order valence-electron chi connectivity index (χ0n) is 8.16. The number of nitrogens with two attached hydrogens (primary N) is 1. The highest BCUT2D eigenvalue weighted by Gasteiger charge is 2.09. The molecule has 1 atom stereocenters. The van der Waals surface area contributed by atoms with Gasteiger partial charge in [-0.25, -0.2) is 4.98 Å². The summed E-state index contributed by atoms with van der Waals surface area (Å²) >= 11 is 1.70. The highest BCUT2D eigenvalue weighted by Crippen LogP contribution is 2.26. The maximum Gasteiger partial charge on any atom is 0.0991 e. The summed E-state index contributed by atoms with van der Waals surface area (Å²) in [6.07, 6.45) is 4.92. The van der Waals surface area contributed by atoms with E-state index in [1.54, 1.807) is 11.8 Å². The van der Waals surface area contributed by atoms with Gasteiger partial charge in [-0.1, -0.05) is 13.0 Å². The molecule has 0 aromatic carbocycles. The van der Waals surface area contributed by atoms with Gasteiger partial charge in [0.2, 0.25) is 0 Å². The second-order valence-electron chi connectivity index (χ2n) is 3.08. The van der Waals surface area contributed by atoms with Gasteiger partial charge in [0.1, 0.15) is 0 Å². The maximum atomic E-state index is 5.53. The minimum Gasteiger partial charge on any atom is -0.330 e. The Bertz CT molecular complexity index is 263. The van der Waals surface area contributed by atoms with Gasteiger partial charge in [0.05, 0.1) is 5.03 Å². The van der Waals surface area contributed by atoms with Crippen LogP contribution in [0.15, 0.2) is 23.4 Å². The van der Waals surface area contributed by atoms with Crippen molar-refractivity contribution in [3.8, 4) is 0 Å². The zero-order valence-corrected chi connectivity index (χ0v) is 8.97. The fourth-order valence-corrected chi connectivity index (χ4v) is 2.03. The first-order valence-corrected chi connectivity index (χ1v) is 5.71. The van der Waals surface area contributed by atoms with E-state index >= 15 is 0 Å². The lowest BCUT2D eigenvalue weighted by molar-refractivity contribution is 0.672. The van der Waals surface area contributed by atoms with E-state index in [0.717, 1.165) is 18.0 Å². The van der Waals surface area contributed by atoms with Crippen LogP contribution in [0.4, 0.5) is 0 Å². The van der Waals surface area contributed by atoms with E-state index in [1.807, 2.05) is 12.3 Å². The van der Waals surface area contributed by atoms with Crippen LogP contribution in [0, 0.1) is 0 Å². The van der Waals surface area contributed by atoms with Crippen molar-refractivity contribution in [2.45, 2.75) is 24.3 Å². The number of rotatable bonds is 4. The predicted octanol–water partition coefficient (Wildman–Crippen LogP) is 2.26. The molecule has 2 N–H and O–H groups in total. The van der Waals surface area contributed by atoms with E-state index in [4.69, 9.17) is 5.73 Å². The summed E-state index contributed by atoms with van der Waals surface area (Å²) < 4.78 is 0. The maximum absolute atomic E-state index is 5.53. The molecular formula is C10H16N2S. The van der Waals surface area contributed by atoms with E-state index in [0.29, 0.717) is 5.92 Å². The number of hydrogen-bond donors (Lipinski definition) is 1. The van der Waals surface area contributed by atoms with Gasteiger partial charge in [0.25, 0.3) is 0 Å². The molecule has 0 radical (unpaired) electrons. The average Bonchev–Trinajstić information content (AvgIpc) is 2.18. The Morgan fingerprint density at radius 2 is 2.38 bits per heavy atom. The van der Waals surface area contributed by atoms with Crippen molar-refractivity contribution in [3.63, 3.8) is 0 Å². The molecule has 0 fully saturated rings. The molecule has 3 heteroatoms. The molecule has 1 unspecified atom stereocenters. The minimum absolute atomic E-state index is 0.515. The molecule has 1 rings (SSSR count). The molecule has 0 saturated heterocycles. The first-order chi connectivity index (χ1) is 6.29. The lowest BCUT2D eigenvalue weighted by Crippen LogP contribution is -2.05. The van der Waals surface area contributed by atoms with Crippen LogP contribution >= 0.6 is 11.8 Å². The third-order valence-corrected chi connectivity index (χ3v) is 2.85. The zero-order chi connectivity index (χ0) is 9.68. The molecule has 0 aliphatic rings. The minimum atomic E-state index is 0.515. The molecule has 2 nitrogen and oxygen atoms in total. The van der Waals surface area contributed by atoms with Crippen molar-refractivity contribution in [3.05, 3.63) is 23.9 Å². The van der Waals surface area contributed by atoms with Gasteiger partial charge in [-0.2, -0.15) is 0 Å². The van der Waals surface area contributed by atoms with Gasteiger partial charge in [-0.05, 0) is 36.8 Å². The molecule has 0 aliphatic carbocycles. The second kappa shape index (κ2) is 5.25. The monoisotopic (exact) mass is 196 g/mol. The molecule has 0 saturated carbocycles. The molecule has 1 aromatic rings. The Morgan fingerprint density at radius 3 is 3.00 bits per heavy atom. The molecule has 0 aliphatic heterocycles. The van der Waals surface area contributed by atoms with Crippen LogP contribution in [0.25, 0.3) is 0 Å². The SMILES string of the molecule is CSc1ncccc1C(C)CCN. The topological polar surface area (TPSA) is 38.9 Å². The van der Waals surface area contributed by atoms with Crippen LogP contribution < -0.4 is 5.73 Å². The fourth-order valence-electron chi connectivity index (χ4n) is 1.35. The Balaban J connectivity index is 2.85. The van der Waals surface area contributed by atoms with Crippen molar-refractivity contribution >= 4 is 11.8 Å². The fraction of sp³-hybridized carbons (Fsp3) is 0.500. The van der Waals surface area contributed by atoms with Crippen molar-refractivity contribution in [1.82, 2.24) is 4.98 Å². The Morgan fingerprint density at radius 1 is 1.62 bits per heavy atom. The van der Waals surface area contributed by atoms with Crippen LogP contribution in [-0.4, -0.2) is 17.8 Å². The third-order valence-electron chi connectivity index (χ3n) is 2.12. The number of thioether (sulfide) groups is 1. The summed E-state index contributed by atoms with van der Waals surface area (Å²) in [6, 6.07) is 4.13. The summed E-state index contributed by atoms with van der Waals surface area (Å²) in [4.78, 5) is 4.32. The smallest absolute Gasteiger partial charge is 0.0991 e. The quantitative estimate of drug-likeness (QED) is 0.751. The van der Waals surface area contributed by atoms with Crippen molar-refractivity contribution < 1.29 is 0 Å². The molecule has 72 valence electrons. The molecule has 1 aromatic heterocycles. The van der Waals surface area contributed by atoms with Gasteiger partial charge in [-0.15, -0.1) is 11.8 Å². The van der Waals surface area contributed by atoms with Crippen molar-refractivity contribution in [2.24, 2.45) is 5.73 Å². The van der Waals surface area contributed by atoms with Crippen LogP contribution in [-0.2, 0) is 0 Å². The van der Waals surface area contributed by atoms with Crippen molar-refractivity contribution in [1.29, 1.82) is 0 Å². The molecule has 0 bridgehead atoms. The molecule has 0 spiro atoms. The third kappa shape index (κ3) is 2.71.